The molecule has 1 aromatic carbocycles. The molecular formula is C13H16F2N2O3. The Morgan fingerprint density at radius 3 is 2.40 bits per heavy atom. The first-order valence-corrected chi connectivity index (χ1v) is 6.17. The molecule has 2 amide bonds. The standard InChI is InChI=1S/C13H16F2N2O3/c1-2-4-8(12(18)19)7-16-13(20)17-11-9(14)5-3-6-10(11)15/h3,5-6,8H,2,4,7H2,1H3,(H,18,19)(H2,16,17,20). The van der Waals surface area contributed by atoms with Gasteiger partial charge in [-0.2, -0.15) is 0 Å². The summed E-state index contributed by atoms with van der Waals surface area (Å²) in [4.78, 5) is 22.4. The second-order valence-electron chi connectivity index (χ2n) is 4.26. The van der Waals surface area contributed by atoms with Crippen LogP contribution in [0.3, 0.4) is 0 Å². The zero-order chi connectivity index (χ0) is 15.1. The molecule has 20 heavy (non-hydrogen) atoms. The third kappa shape index (κ3) is 4.49. The van der Waals surface area contributed by atoms with E-state index < -0.39 is 35.2 Å². The highest BCUT2D eigenvalue weighted by Gasteiger charge is 2.18. The minimum atomic E-state index is -1.02. The van der Waals surface area contributed by atoms with Crippen molar-refractivity contribution in [2.75, 3.05) is 11.9 Å². The number of anilines is 1. The highest BCUT2D eigenvalue weighted by atomic mass is 19.1. The molecule has 0 aromatic heterocycles. The molecule has 110 valence electrons. The van der Waals surface area contributed by atoms with E-state index in [9.17, 15) is 18.4 Å². The summed E-state index contributed by atoms with van der Waals surface area (Å²) in [6.45, 7) is 1.72. The molecular weight excluding hydrogens is 270 g/mol. The lowest BCUT2D eigenvalue weighted by atomic mass is 10.0. The van der Waals surface area contributed by atoms with Crippen LogP contribution in [0.2, 0.25) is 0 Å². The van der Waals surface area contributed by atoms with Gasteiger partial charge in [-0.05, 0) is 18.6 Å². The number of rotatable bonds is 6. The van der Waals surface area contributed by atoms with Gasteiger partial charge in [0.1, 0.15) is 17.3 Å². The molecule has 1 atom stereocenters. The van der Waals surface area contributed by atoms with Crippen LogP contribution in [0.25, 0.3) is 0 Å². The highest BCUT2D eigenvalue weighted by molar-refractivity contribution is 5.89. The Kier molecular flexibility index (Phi) is 5.89. The van der Waals surface area contributed by atoms with Crippen LogP contribution in [0.4, 0.5) is 19.3 Å². The van der Waals surface area contributed by atoms with E-state index in [1.165, 1.54) is 6.07 Å². The van der Waals surface area contributed by atoms with Gasteiger partial charge < -0.3 is 15.7 Å². The number of hydrogen-bond acceptors (Lipinski definition) is 2. The Balaban J connectivity index is 2.58. The van der Waals surface area contributed by atoms with Crippen molar-refractivity contribution in [3.8, 4) is 0 Å². The van der Waals surface area contributed by atoms with Crippen molar-refractivity contribution in [1.82, 2.24) is 5.32 Å². The topological polar surface area (TPSA) is 78.4 Å². The number of benzene rings is 1. The summed E-state index contributed by atoms with van der Waals surface area (Å²) >= 11 is 0. The summed E-state index contributed by atoms with van der Waals surface area (Å²) < 4.78 is 26.6. The van der Waals surface area contributed by atoms with E-state index in [0.29, 0.717) is 12.8 Å². The van der Waals surface area contributed by atoms with Crippen LogP contribution in [-0.2, 0) is 4.79 Å². The van der Waals surface area contributed by atoms with Crippen molar-refractivity contribution in [2.45, 2.75) is 19.8 Å². The number of amides is 2. The lowest BCUT2D eigenvalue weighted by molar-refractivity contribution is -0.141. The second kappa shape index (κ2) is 7.42. The number of carbonyl (C=O) groups excluding carboxylic acids is 1. The van der Waals surface area contributed by atoms with E-state index in [-0.39, 0.29) is 6.54 Å². The maximum absolute atomic E-state index is 13.3. The summed E-state index contributed by atoms with van der Waals surface area (Å²) in [5.41, 5.74) is -0.563. The Morgan fingerprint density at radius 2 is 1.90 bits per heavy atom. The zero-order valence-electron chi connectivity index (χ0n) is 11.0. The molecule has 1 aromatic rings. The van der Waals surface area contributed by atoms with Gasteiger partial charge in [-0.25, -0.2) is 13.6 Å². The predicted molar refractivity (Wildman–Crippen MR) is 69.4 cm³/mol. The summed E-state index contributed by atoms with van der Waals surface area (Å²) in [5, 5.41) is 13.2. The smallest absolute Gasteiger partial charge is 0.319 e. The molecule has 1 unspecified atom stereocenters. The van der Waals surface area contributed by atoms with Gasteiger partial charge in [0.15, 0.2) is 0 Å². The molecule has 0 fully saturated rings. The fourth-order valence-corrected chi connectivity index (χ4v) is 1.65. The third-order valence-electron chi connectivity index (χ3n) is 2.70. The number of hydrogen-bond donors (Lipinski definition) is 3. The maximum Gasteiger partial charge on any atom is 0.319 e. The van der Waals surface area contributed by atoms with Crippen molar-refractivity contribution < 1.29 is 23.5 Å². The molecule has 0 bridgehead atoms. The van der Waals surface area contributed by atoms with Crippen molar-refractivity contribution in [3.05, 3.63) is 29.8 Å². The molecule has 0 heterocycles. The van der Waals surface area contributed by atoms with E-state index >= 15 is 0 Å². The maximum atomic E-state index is 13.3. The SMILES string of the molecule is CCCC(CNC(=O)Nc1c(F)cccc1F)C(=O)O. The molecule has 1 rings (SSSR count). The number of carboxylic acid groups (broad SMARTS) is 1. The number of carboxylic acids is 1. The average Bonchev–Trinajstić information content (AvgIpc) is 2.38. The number of carbonyl (C=O) groups is 2. The normalized spacial score (nSPS) is 11.8. The van der Waals surface area contributed by atoms with E-state index in [0.717, 1.165) is 12.1 Å². The number of aliphatic carboxylic acids is 1. The number of nitrogens with one attached hydrogen (secondary N) is 2. The summed E-state index contributed by atoms with van der Waals surface area (Å²) in [7, 11) is 0. The monoisotopic (exact) mass is 286 g/mol. The van der Waals surface area contributed by atoms with Crippen LogP contribution in [0.5, 0.6) is 0 Å². The van der Waals surface area contributed by atoms with Crippen LogP contribution in [-0.4, -0.2) is 23.7 Å². The van der Waals surface area contributed by atoms with Crippen molar-refractivity contribution in [1.29, 1.82) is 0 Å². The molecule has 5 nitrogen and oxygen atoms in total. The Hall–Kier alpha value is -2.18. The van der Waals surface area contributed by atoms with Gasteiger partial charge in [-0.3, -0.25) is 4.79 Å². The first-order chi connectivity index (χ1) is 9.45. The largest absolute Gasteiger partial charge is 0.481 e. The van der Waals surface area contributed by atoms with Crippen molar-refractivity contribution >= 4 is 17.7 Å². The van der Waals surface area contributed by atoms with Gasteiger partial charge in [0.25, 0.3) is 0 Å². The molecule has 0 aliphatic carbocycles. The van der Waals surface area contributed by atoms with Crippen LogP contribution in [0.15, 0.2) is 18.2 Å². The van der Waals surface area contributed by atoms with Crippen LogP contribution >= 0.6 is 0 Å². The Bertz CT molecular complexity index is 474. The van der Waals surface area contributed by atoms with Crippen LogP contribution in [0, 0.1) is 17.6 Å². The molecule has 0 saturated carbocycles. The third-order valence-corrected chi connectivity index (χ3v) is 2.70. The molecule has 0 aliphatic heterocycles. The molecule has 0 radical (unpaired) electrons. The van der Waals surface area contributed by atoms with E-state index in [1.807, 2.05) is 12.2 Å². The van der Waals surface area contributed by atoms with Crippen LogP contribution in [0.1, 0.15) is 19.8 Å². The summed E-state index contributed by atoms with van der Waals surface area (Å²) in [5.74, 6) is -3.55. The lowest BCUT2D eigenvalue weighted by Crippen LogP contribution is -2.36. The quantitative estimate of drug-likeness (QED) is 0.752. The highest BCUT2D eigenvalue weighted by Crippen LogP contribution is 2.17. The van der Waals surface area contributed by atoms with Gasteiger partial charge in [0, 0.05) is 6.54 Å². The van der Waals surface area contributed by atoms with Crippen molar-refractivity contribution in [3.63, 3.8) is 0 Å². The minimum absolute atomic E-state index is 0.106. The molecule has 0 saturated heterocycles. The molecule has 7 heteroatoms. The zero-order valence-corrected chi connectivity index (χ0v) is 11.0. The second-order valence-corrected chi connectivity index (χ2v) is 4.26. The first kappa shape index (κ1) is 15.9. The van der Waals surface area contributed by atoms with Crippen LogP contribution < -0.4 is 10.6 Å². The molecule has 0 spiro atoms. The van der Waals surface area contributed by atoms with Crippen molar-refractivity contribution in [2.24, 2.45) is 5.92 Å². The molecule has 0 aliphatic rings. The average molecular weight is 286 g/mol. The predicted octanol–water partition coefficient (Wildman–Crippen LogP) is 2.59. The fraction of sp³-hybridized carbons (Fsp3) is 0.385. The summed E-state index contributed by atoms with van der Waals surface area (Å²) in [6, 6.07) is 2.34. The van der Waals surface area contributed by atoms with Gasteiger partial charge in [0.05, 0.1) is 5.92 Å². The number of urea groups is 1. The fourth-order valence-electron chi connectivity index (χ4n) is 1.65. The van der Waals surface area contributed by atoms with Gasteiger partial charge in [-0.15, -0.1) is 0 Å². The van der Waals surface area contributed by atoms with Gasteiger partial charge in [0.2, 0.25) is 0 Å². The van der Waals surface area contributed by atoms with E-state index in [2.05, 4.69) is 5.32 Å². The minimum Gasteiger partial charge on any atom is -0.481 e. The summed E-state index contributed by atoms with van der Waals surface area (Å²) in [6.07, 6.45) is 1.06. The Labute approximate surface area is 115 Å². The van der Waals surface area contributed by atoms with Gasteiger partial charge >= 0.3 is 12.0 Å². The van der Waals surface area contributed by atoms with E-state index in [4.69, 9.17) is 5.11 Å². The Morgan fingerprint density at radius 1 is 1.30 bits per heavy atom. The first-order valence-electron chi connectivity index (χ1n) is 6.17. The number of para-hydroxylation sites is 1. The lowest BCUT2D eigenvalue weighted by Gasteiger charge is -2.13. The van der Waals surface area contributed by atoms with Gasteiger partial charge in [-0.1, -0.05) is 19.4 Å². The number of halogens is 2. The van der Waals surface area contributed by atoms with E-state index in [1.54, 1.807) is 0 Å². The molecule has 3 N–H and O–H groups in total.